The van der Waals surface area contributed by atoms with Crippen molar-refractivity contribution in [3.05, 3.63) is 22.9 Å². The molecule has 5 heteroatoms. The van der Waals surface area contributed by atoms with Gasteiger partial charge in [-0.15, -0.1) is 0 Å². The molecule has 0 aliphatic heterocycles. The maximum atomic E-state index is 5.10. The van der Waals surface area contributed by atoms with Crippen LogP contribution in [0.1, 0.15) is 0 Å². The molecule has 0 radical (unpaired) electrons. The Morgan fingerprint density at radius 1 is 1.25 bits per heavy atom. The molecule has 1 rings (SSSR count). The Bertz CT molecular complexity index is 302. The summed E-state index contributed by atoms with van der Waals surface area (Å²) in [6, 6.07) is 1.98. The minimum absolute atomic E-state index is 0.693. The first kappa shape index (κ1) is 13.4. The highest BCUT2D eigenvalue weighted by molar-refractivity contribution is 9.10. The molecule has 0 aliphatic carbocycles. The topological polar surface area (TPSA) is 34.6 Å². The van der Waals surface area contributed by atoms with Gasteiger partial charge < -0.3 is 14.4 Å². The van der Waals surface area contributed by atoms with Gasteiger partial charge in [-0.1, -0.05) is 0 Å². The maximum absolute atomic E-state index is 5.10. The van der Waals surface area contributed by atoms with Crippen LogP contribution in [0.4, 0.5) is 5.69 Å². The number of hydrogen-bond donors (Lipinski definition) is 0. The number of hydrogen-bond acceptors (Lipinski definition) is 4. The van der Waals surface area contributed by atoms with Gasteiger partial charge in [-0.3, -0.25) is 4.98 Å². The summed E-state index contributed by atoms with van der Waals surface area (Å²) < 4.78 is 11.2. The Balaban J connectivity index is 2.70. The average molecular weight is 289 g/mol. The number of ether oxygens (including phenoxy) is 2. The van der Waals surface area contributed by atoms with Gasteiger partial charge in [0.25, 0.3) is 0 Å². The molecule has 0 unspecified atom stereocenters. The average Bonchev–Trinajstić information content (AvgIpc) is 2.31. The standard InChI is InChI=1S/C11H17BrN2O2/c1-15-7-5-14(6-8-16-2)11-3-4-13-9-10(11)12/h3-4,9H,5-8H2,1-2H3. The fourth-order valence-corrected chi connectivity index (χ4v) is 1.88. The SMILES string of the molecule is COCCN(CCOC)c1ccncc1Br. The van der Waals surface area contributed by atoms with Gasteiger partial charge in [-0.2, -0.15) is 0 Å². The molecule has 1 aromatic rings. The number of pyridine rings is 1. The minimum atomic E-state index is 0.693. The number of anilines is 1. The van der Waals surface area contributed by atoms with E-state index in [1.165, 1.54) is 0 Å². The Morgan fingerprint density at radius 3 is 2.38 bits per heavy atom. The molecule has 1 heterocycles. The van der Waals surface area contributed by atoms with E-state index in [-0.39, 0.29) is 0 Å². The quantitative estimate of drug-likeness (QED) is 0.768. The zero-order chi connectivity index (χ0) is 11.8. The van der Waals surface area contributed by atoms with Crippen molar-refractivity contribution in [3.63, 3.8) is 0 Å². The molecule has 4 nitrogen and oxygen atoms in total. The molecule has 0 N–H and O–H groups in total. The lowest BCUT2D eigenvalue weighted by molar-refractivity contribution is 0.190. The largest absolute Gasteiger partial charge is 0.383 e. The van der Waals surface area contributed by atoms with Gasteiger partial charge in [0, 0.05) is 39.7 Å². The first-order valence-electron chi connectivity index (χ1n) is 5.12. The van der Waals surface area contributed by atoms with Gasteiger partial charge in [0.15, 0.2) is 0 Å². The lowest BCUT2D eigenvalue weighted by atomic mass is 10.3. The van der Waals surface area contributed by atoms with E-state index in [0.29, 0.717) is 13.2 Å². The summed E-state index contributed by atoms with van der Waals surface area (Å²) in [7, 11) is 3.41. The summed E-state index contributed by atoms with van der Waals surface area (Å²) in [4.78, 5) is 6.26. The molecule has 0 aliphatic rings. The summed E-state index contributed by atoms with van der Waals surface area (Å²) in [6.45, 7) is 3.06. The summed E-state index contributed by atoms with van der Waals surface area (Å²) >= 11 is 3.49. The number of nitrogens with zero attached hydrogens (tertiary/aromatic N) is 2. The number of rotatable bonds is 7. The monoisotopic (exact) mass is 288 g/mol. The normalized spacial score (nSPS) is 10.4. The summed E-state index contributed by atoms with van der Waals surface area (Å²) in [5.41, 5.74) is 1.11. The molecular formula is C11H17BrN2O2. The Kier molecular flexibility index (Phi) is 6.37. The van der Waals surface area contributed by atoms with E-state index in [9.17, 15) is 0 Å². The maximum Gasteiger partial charge on any atom is 0.0637 e. The zero-order valence-electron chi connectivity index (χ0n) is 9.65. The lowest BCUT2D eigenvalue weighted by Gasteiger charge is -2.25. The van der Waals surface area contributed by atoms with E-state index in [2.05, 4.69) is 25.8 Å². The van der Waals surface area contributed by atoms with Crippen LogP contribution < -0.4 is 4.90 Å². The molecule has 0 saturated carbocycles. The highest BCUT2D eigenvalue weighted by Crippen LogP contribution is 2.24. The van der Waals surface area contributed by atoms with Crippen LogP contribution in [0.3, 0.4) is 0 Å². The van der Waals surface area contributed by atoms with Crippen LogP contribution in [0, 0.1) is 0 Å². The molecule has 0 bridgehead atoms. The van der Waals surface area contributed by atoms with Gasteiger partial charge in [0.1, 0.15) is 0 Å². The Morgan fingerprint density at radius 2 is 1.88 bits per heavy atom. The van der Waals surface area contributed by atoms with Crippen LogP contribution in [0.5, 0.6) is 0 Å². The molecule has 1 aromatic heterocycles. The van der Waals surface area contributed by atoms with Crippen LogP contribution >= 0.6 is 15.9 Å². The van der Waals surface area contributed by atoms with E-state index in [1.54, 1.807) is 26.6 Å². The van der Waals surface area contributed by atoms with Crippen molar-refractivity contribution in [1.82, 2.24) is 4.98 Å². The van der Waals surface area contributed by atoms with Crippen LogP contribution in [0.2, 0.25) is 0 Å². The second-order valence-corrected chi connectivity index (χ2v) is 4.15. The number of aromatic nitrogens is 1. The third kappa shape index (κ3) is 4.08. The van der Waals surface area contributed by atoms with Gasteiger partial charge in [-0.25, -0.2) is 0 Å². The third-order valence-corrected chi connectivity index (χ3v) is 2.83. The summed E-state index contributed by atoms with van der Waals surface area (Å²) in [5.74, 6) is 0. The molecule has 0 fully saturated rings. The van der Waals surface area contributed by atoms with Crippen molar-refractivity contribution in [1.29, 1.82) is 0 Å². The van der Waals surface area contributed by atoms with Crippen molar-refractivity contribution in [2.45, 2.75) is 0 Å². The molecule has 0 saturated heterocycles. The van der Waals surface area contributed by atoms with Crippen LogP contribution in [0.15, 0.2) is 22.9 Å². The van der Waals surface area contributed by atoms with E-state index in [4.69, 9.17) is 9.47 Å². The fraction of sp³-hybridized carbons (Fsp3) is 0.545. The molecular weight excluding hydrogens is 272 g/mol. The highest BCUT2D eigenvalue weighted by atomic mass is 79.9. The van der Waals surface area contributed by atoms with Crippen molar-refractivity contribution in [3.8, 4) is 0 Å². The summed E-state index contributed by atoms with van der Waals surface area (Å²) in [6.07, 6.45) is 3.58. The first-order valence-corrected chi connectivity index (χ1v) is 5.91. The van der Waals surface area contributed by atoms with Crippen molar-refractivity contribution in [2.24, 2.45) is 0 Å². The fourth-order valence-electron chi connectivity index (χ4n) is 1.38. The Labute approximate surface area is 105 Å². The predicted molar refractivity (Wildman–Crippen MR) is 67.9 cm³/mol. The second-order valence-electron chi connectivity index (χ2n) is 3.30. The van der Waals surface area contributed by atoms with E-state index in [0.717, 1.165) is 23.2 Å². The van der Waals surface area contributed by atoms with Crippen LogP contribution in [-0.4, -0.2) is 45.5 Å². The minimum Gasteiger partial charge on any atom is -0.383 e. The van der Waals surface area contributed by atoms with Gasteiger partial charge in [0.2, 0.25) is 0 Å². The molecule has 0 amide bonds. The number of halogens is 1. The number of methoxy groups -OCH3 is 2. The summed E-state index contributed by atoms with van der Waals surface area (Å²) in [5, 5.41) is 0. The molecule has 0 spiro atoms. The van der Waals surface area contributed by atoms with Crippen molar-refractivity contribution in [2.75, 3.05) is 45.4 Å². The Hall–Kier alpha value is -0.650. The first-order chi connectivity index (χ1) is 7.79. The third-order valence-electron chi connectivity index (χ3n) is 2.22. The predicted octanol–water partition coefficient (Wildman–Crippen LogP) is 1.94. The lowest BCUT2D eigenvalue weighted by Crippen LogP contribution is -2.30. The molecule has 16 heavy (non-hydrogen) atoms. The van der Waals surface area contributed by atoms with Crippen LogP contribution in [0.25, 0.3) is 0 Å². The zero-order valence-corrected chi connectivity index (χ0v) is 11.2. The van der Waals surface area contributed by atoms with Gasteiger partial charge in [0.05, 0.1) is 23.4 Å². The molecule has 90 valence electrons. The van der Waals surface area contributed by atoms with Crippen molar-refractivity contribution < 1.29 is 9.47 Å². The molecule has 0 aromatic carbocycles. The van der Waals surface area contributed by atoms with Gasteiger partial charge in [-0.05, 0) is 22.0 Å². The van der Waals surface area contributed by atoms with E-state index >= 15 is 0 Å². The van der Waals surface area contributed by atoms with E-state index < -0.39 is 0 Å². The van der Waals surface area contributed by atoms with Gasteiger partial charge >= 0.3 is 0 Å². The smallest absolute Gasteiger partial charge is 0.0637 e. The highest BCUT2D eigenvalue weighted by Gasteiger charge is 2.09. The molecule has 0 atom stereocenters. The second kappa shape index (κ2) is 7.60. The van der Waals surface area contributed by atoms with Crippen molar-refractivity contribution >= 4 is 21.6 Å². The van der Waals surface area contributed by atoms with Crippen LogP contribution in [-0.2, 0) is 9.47 Å². The van der Waals surface area contributed by atoms with E-state index in [1.807, 2.05) is 6.07 Å².